The van der Waals surface area contributed by atoms with Crippen LogP contribution in [-0.4, -0.2) is 17.6 Å². The minimum atomic E-state index is -0.000435. The first-order valence-electron chi connectivity index (χ1n) is 5.61. The van der Waals surface area contributed by atoms with Gasteiger partial charge in [0, 0.05) is 5.56 Å². The summed E-state index contributed by atoms with van der Waals surface area (Å²) < 4.78 is 5.58. The molecule has 92 valence electrons. The van der Waals surface area contributed by atoms with E-state index in [2.05, 4.69) is 5.16 Å². The van der Waals surface area contributed by atoms with Crippen LogP contribution >= 0.6 is 11.6 Å². The maximum absolute atomic E-state index is 8.56. The molecule has 0 heterocycles. The van der Waals surface area contributed by atoms with Gasteiger partial charge in [-0.2, -0.15) is 0 Å². The minimum Gasteiger partial charge on any atom is -0.494 e. The number of benzene rings is 1. The molecule has 1 aromatic rings. The van der Waals surface area contributed by atoms with Crippen molar-refractivity contribution in [3.05, 3.63) is 28.8 Å². The van der Waals surface area contributed by atoms with Crippen LogP contribution in [0.5, 0.6) is 5.75 Å². The molecule has 0 bridgehead atoms. The van der Waals surface area contributed by atoms with E-state index in [0.717, 1.165) is 12.3 Å². The predicted molar refractivity (Wildman–Crippen MR) is 66.8 cm³/mol. The van der Waals surface area contributed by atoms with Gasteiger partial charge in [-0.1, -0.05) is 29.6 Å². The van der Waals surface area contributed by atoms with Crippen molar-refractivity contribution in [1.29, 1.82) is 0 Å². The number of hydrogen-bond donors (Lipinski definition) is 2. The smallest absolute Gasteiger partial charge is 0.171 e. The van der Waals surface area contributed by atoms with Crippen LogP contribution in [0.3, 0.4) is 0 Å². The van der Waals surface area contributed by atoms with Gasteiger partial charge in [0.05, 0.1) is 11.6 Å². The third kappa shape index (κ3) is 3.27. The second-order valence-electron chi connectivity index (χ2n) is 4.21. The van der Waals surface area contributed by atoms with E-state index >= 15 is 0 Å². The van der Waals surface area contributed by atoms with Crippen molar-refractivity contribution < 1.29 is 9.94 Å². The number of oxime groups is 1. The number of hydrogen-bond acceptors (Lipinski definition) is 3. The molecule has 0 amide bonds. The van der Waals surface area contributed by atoms with Crippen LogP contribution in [0.1, 0.15) is 24.8 Å². The molecular formula is C12H15ClN2O2. The normalized spacial score (nSPS) is 15.9. The maximum Gasteiger partial charge on any atom is 0.171 e. The summed E-state index contributed by atoms with van der Waals surface area (Å²) in [6.45, 7) is 0.712. The van der Waals surface area contributed by atoms with Crippen molar-refractivity contribution in [3.8, 4) is 5.75 Å². The van der Waals surface area contributed by atoms with Crippen LogP contribution in [0.15, 0.2) is 23.4 Å². The van der Waals surface area contributed by atoms with Gasteiger partial charge in [-0.15, -0.1) is 0 Å². The van der Waals surface area contributed by atoms with Gasteiger partial charge in [-0.25, -0.2) is 0 Å². The second kappa shape index (κ2) is 5.27. The lowest BCUT2D eigenvalue weighted by atomic mass is 10.2. The van der Waals surface area contributed by atoms with Crippen LogP contribution in [0, 0.1) is 5.92 Å². The Morgan fingerprint density at radius 1 is 1.53 bits per heavy atom. The minimum absolute atomic E-state index is 0.000435. The van der Waals surface area contributed by atoms with Gasteiger partial charge >= 0.3 is 0 Å². The largest absolute Gasteiger partial charge is 0.494 e. The highest BCUT2D eigenvalue weighted by molar-refractivity contribution is 6.34. The highest BCUT2D eigenvalue weighted by Gasteiger charge is 2.20. The van der Waals surface area contributed by atoms with E-state index in [4.69, 9.17) is 27.3 Å². The average Bonchev–Trinajstić information content (AvgIpc) is 3.12. The molecule has 5 heteroatoms. The Balaban J connectivity index is 1.97. The summed E-state index contributed by atoms with van der Waals surface area (Å²) in [5.74, 6) is 1.56. The lowest BCUT2D eigenvalue weighted by Gasteiger charge is -2.08. The standard InChI is InChI=1S/C12H15ClN2O2/c13-11-7-9(17-6-5-8-1-2-8)3-4-10(11)12(14)15-16/h3-4,7-8,16H,1-2,5-6H2,(H2,14,15). The molecule has 4 nitrogen and oxygen atoms in total. The summed E-state index contributed by atoms with van der Waals surface area (Å²) in [7, 11) is 0. The van der Waals surface area contributed by atoms with Gasteiger partial charge in [0.15, 0.2) is 5.84 Å². The maximum atomic E-state index is 8.56. The van der Waals surface area contributed by atoms with Crippen LogP contribution in [-0.2, 0) is 0 Å². The Bertz CT molecular complexity index is 431. The van der Waals surface area contributed by atoms with Gasteiger partial charge in [-0.05, 0) is 30.5 Å². The number of nitrogens with two attached hydrogens (primary N) is 1. The number of rotatable bonds is 5. The van der Waals surface area contributed by atoms with Crippen molar-refractivity contribution in [1.82, 2.24) is 0 Å². The fourth-order valence-corrected chi connectivity index (χ4v) is 1.86. The summed E-state index contributed by atoms with van der Waals surface area (Å²) in [5.41, 5.74) is 5.97. The summed E-state index contributed by atoms with van der Waals surface area (Å²) in [4.78, 5) is 0. The lowest BCUT2D eigenvalue weighted by Crippen LogP contribution is -2.13. The fraction of sp³-hybridized carbons (Fsp3) is 0.417. The SMILES string of the molecule is N/C(=N/O)c1ccc(OCCC2CC2)cc1Cl. The molecule has 0 radical (unpaired) electrons. The molecule has 1 aliphatic carbocycles. The van der Waals surface area contributed by atoms with Crippen LogP contribution in [0.2, 0.25) is 5.02 Å². The van der Waals surface area contributed by atoms with Gasteiger partial charge in [0.2, 0.25) is 0 Å². The van der Waals surface area contributed by atoms with E-state index in [-0.39, 0.29) is 5.84 Å². The molecule has 1 aromatic carbocycles. The van der Waals surface area contributed by atoms with Crippen molar-refractivity contribution in [2.75, 3.05) is 6.61 Å². The molecule has 1 fully saturated rings. The van der Waals surface area contributed by atoms with Crippen molar-refractivity contribution in [3.63, 3.8) is 0 Å². The molecule has 1 aliphatic rings. The highest BCUT2D eigenvalue weighted by atomic mass is 35.5. The molecule has 2 rings (SSSR count). The molecule has 0 aliphatic heterocycles. The number of amidine groups is 1. The average molecular weight is 255 g/mol. The summed E-state index contributed by atoms with van der Waals surface area (Å²) in [6, 6.07) is 5.14. The van der Waals surface area contributed by atoms with Gasteiger partial charge in [0.25, 0.3) is 0 Å². The molecule has 0 atom stereocenters. The van der Waals surface area contributed by atoms with E-state index < -0.39 is 0 Å². The molecule has 17 heavy (non-hydrogen) atoms. The first-order valence-corrected chi connectivity index (χ1v) is 5.98. The lowest BCUT2D eigenvalue weighted by molar-refractivity contribution is 0.302. The van der Waals surface area contributed by atoms with Crippen LogP contribution < -0.4 is 10.5 Å². The zero-order chi connectivity index (χ0) is 12.3. The third-order valence-corrected chi connectivity index (χ3v) is 3.13. The molecule has 3 N–H and O–H groups in total. The zero-order valence-electron chi connectivity index (χ0n) is 9.40. The fourth-order valence-electron chi connectivity index (χ4n) is 1.60. The number of nitrogens with zero attached hydrogens (tertiary/aromatic N) is 1. The van der Waals surface area contributed by atoms with E-state index in [9.17, 15) is 0 Å². The molecule has 0 unspecified atom stereocenters. The van der Waals surface area contributed by atoms with E-state index in [1.165, 1.54) is 12.8 Å². The first kappa shape index (κ1) is 12.0. The molecule has 0 spiro atoms. The first-order chi connectivity index (χ1) is 8.20. The van der Waals surface area contributed by atoms with Crippen LogP contribution in [0.25, 0.3) is 0 Å². The van der Waals surface area contributed by atoms with Crippen molar-refractivity contribution in [2.24, 2.45) is 16.8 Å². The topological polar surface area (TPSA) is 67.8 Å². The Hall–Kier alpha value is -1.42. The monoisotopic (exact) mass is 254 g/mol. The Labute approximate surface area is 105 Å². The number of ether oxygens (including phenoxy) is 1. The van der Waals surface area contributed by atoms with Gasteiger partial charge < -0.3 is 15.7 Å². The van der Waals surface area contributed by atoms with Gasteiger partial charge in [-0.3, -0.25) is 0 Å². The van der Waals surface area contributed by atoms with Crippen molar-refractivity contribution in [2.45, 2.75) is 19.3 Å². The van der Waals surface area contributed by atoms with E-state index in [1.807, 2.05) is 0 Å². The summed E-state index contributed by atoms with van der Waals surface area (Å²) >= 11 is 6.00. The van der Waals surface area contributed by atoms with E-state index in [0.29, 0.717) is 22.9 Å². The molecular weight excluding hydrogens is 240 g/mol. The predicted octanol–water partition coefficient (Wildman–Crippen LogP) is 2.61. The number of halogens is 1. The molecule has 0 saturated heterocycles. The Morgan fingerprint density at radius 3 is 2.88 bits per heavy atom. The van der Waals surface area contributed by atoms with Crippen molar-refractivity contribution >= 4 is 17.4 Å². The summed E-state index contributed by atoms with van der Waals surface area (Å²) in [5, 5.41) is 11.9. The third-order valence-electron chi connectivity index (χ3n) is 2.82. The zero-order valence-corrected chi connectivity index (χ0v) is 10.2. The quantitative estimate of drug-likeness (QED) is 0.367. The molecule has 1 saturated carbocycles. The Morgan fingerprint density at radius 2 is 2.29 bits per heavy atom. The Kier molecular flexibility index (Phi) is 3.74. The summed E-state index contributed by atoms with van der Waals surface area (Å²) in [6.07, 6.45) is 3.75. The molecule has 0 aromatic heterocycles. The van der Waals surface area contributed by atoms with E-state index in [1.54, 1.807) is 18.2 Å². The van der Waals surface area contributed by atoms with Crippen LogP contribution in [0.4, 0.5) is 0 Å². The highest BCUT2D eigenvalue weighted by Crippen LogP contribution is 2.32. The second-order valence-corrected chi connectivity index (χ2v) is 4.61. The van der Waals surface area contributed by atoms with Gasteiger partial charge in [0.1, 0.15) is 5.75 Å².